The van der Waals surface area contributed by atoms with Gasteiger partial charge < -0.3 is 40.8 Å². The lowest BCUT2D eigenvalue weighted by molar-refractivity contribution is -0.137. The molecule has 1 fully saturated rings. The Morgan fingerprint density at radius 1 is 0.875 bits per heavy atom. The van der Waals surface area contributed by atoms with Crippen molar-refractivity contribution in [2.24, 2.45) is 16.6 Å². The molecule has 0 unspecified atom stereocenters. The Hall–Kier alpha value is -5.56. The van der Waals surface area contributed by atoms with Gasteiger partial charge in [-0.25, -0.2) is 14.1 Å². The topological polar surface area (TPSA) is 214 Å². The zero-order valence-electron chi connectivity index (χ0n) is 37.3. The molecule has 0 spiro atoms. The predicted molar refractivity (Wildman–Crippen MR) is 245 cm³/mol. The van der Waals surface area contributed by atoms with Gasteiger partial charge >= 0.3 is 6.09 Å². The van der Waals surface area contributed by atoms with Crippen LogP contribution in [0.5, 0.6) is 0 Å². The summed E-state index contributed by atoms with van der Waals surface area (Å²) in [5, 5.41) is 8.45. The van der Waals surface area contributed by atoms with Crippen molar-refractivity contribution < 1.29 is 43.0 Å². The summed E-state index contributed by atoms with van der Waals surface area (Å²) in [5.41, 5.74) is 9.92. The third kappa shape index (κ3) is 16.2. The average molecular weight is 903 g/mol. The Morgan fingerprint density at radius 2 is 1.59 bits per heavy atom. The van der Waals surface area contributed by atoms with Gasteiger partial charge in [0.1, 0.15) is 11.4 Å². The van der Waals surface area contributed by atoms with Gasteiger partial charge in [-0.2, -0.15) is 0 Å². The van der Waals surface area contributed by atoms with Crippen LogP contribution >= 0.6 is 11.9 Å². The smallest absolute Gasteiger partial charge is 0.407 e. The minimum absolute atomic E-state index is 0.0257. The summed E-state index contributed by atoms with van der Waals surface area (Å²) >= 11 is 1.68. The van der Waals surface area contributed by atoms with Crippen LogP contribution < -0.4 is 21.7 Å². The van der Waals surface area contributed by atoms with Gasteiger partial charge in [-0.15, -0.1) is 0 Å². The van der Waals surface area contributed by atoms with Crippen molar-refractivity contribution in [3.05, 3.63) is 65.8 Å². The predicted octanol–water partition coefficient (Wildman–Crippen LogP) is 4.19. The van der Waals surface area contributed by atoms with Crippen LogP contribution in [0.15, 0.2) is 70.1 Å². The molecule has 3 aliphatic heterocycles. The third-order valence-corrected chi connectivity index (χ3v) is 11.1. The number of nitrogens with one attached hydrogen (secondary N) is 3. The SMILES string of the molecule is CCCN(CCCNC(=O)OC(C)(C)C)C(=O)C1=Cc2ccc(-c3cccc(SN4CC(CNC(=O)CCOCCOCCNC(=O)CCN5C(=O)C=CC5=O)C4)c3)cc2N=C(N)C1. The second kappa shape index (κ2) is 24.5. The number of rotatable bonds is 24. The van der Waals surface area contributed by atoms with E-state index >= 15 is 0 Å². The molecule has 0 radical (unpaired) electrons. The maximum Gasteiger partial charge on any atom is 0.407 e. The number of imide groups is 1. The van der Waals surface area contributed by atoms with E-state index in [1.807, 2.05) is 58.0 Å². The molecule has 64 heavy (non-hydrogen) atoms. The molecule has 0 bridgehead atoms. The summed E-state index contributed by atoms with van der Waals surface area (Å²) in [7, 11) is 0. The highest BCUT2D eigenvalue weighted by molar-refractivity contribution is 7.97. The Morgan fingerprint density at radius 3 is 2.33 bits per heavy atom. The van der Waals surface area contributed by atoms with Crippen molar-refractivity contribution in [1.82, 2.24) is 30.1 Å². The number of amides is 6. The summed E-state index contributed by atoms with van der Waals surface area (Å²) in [6.45, 7) is 12.7. The van der Waals surface area contributed by atoms with Crippen molar-refractivity contribution in [2.75, 3.05) is 78.8 Å². The maximum absolute atomic E-state index is 13.8. The Bertz CT molecular complexity index is 2060. The monoisotopic (exact) mass is 902 g/mol. The van der Waals surface area contributed by atoms with Crippen LogP contribution in [0.25, 0.3) is 17.2 Å². The molecule has 3 aliphatic rings. The number of benzene rings is 2. The van der Waals surface area contributed by atoms with Crippen LogP contribution in [-0.2, 0) is 38.2 Å². The van der Waals surface area contributed by atoms with Crippen LogP contribution in [0.3, 0.4) is 0 Å². The lowest BCUT2D eigenvalue weighted by Gasteiger charge is -2.38. The third-order valence-electron chi connectivity index (χ3n) is 10.1. The molecular formula is C46H62N8O9S. The quantitative estimate of drug-likeness (QED) is 0.0664. The highest BCUT2D eigenvalue weighted by atomic mass is 32.2. The molecule has 346 valence electrons. The number of fused-ring (bicyclic) bond motifs is 1. The minimum atomic E-state index is -0.580. The molecule has 17 nitrogen and oxygen atoms in total. The van der Waals surface area contributed by atoms with Crippen molar-refractivity contribution in [3.8, 4) is 11.1 Å². The number of alkyl carbamates (subject to hydrolysis) is 1. The molecule has 18 heteroatoms. The van der Waals surface area contributed by atoms with Gasteiger partial charge in [0, 0.05) is 106 Å². The summed E-state index contributed by atoms with van der Waals surface area (Å²) in [6, 6.07) is 14.3. The van der Waals surface area contributed by atoms with Gasteiger partial charge in [0.15, 0.2) is 0 Å². The van der Waals surface area contributed by atoms with Gasteiger partial charge in [-0.05, 0) is 81.0 Å². The molecule has 2 aromatic carbocycles. The van der Waals surface area contributed by atoms with Crippen LogP contribution in [-0.4, -0.2) is 140 Å². The van der Waals surface area contributed by atoms with E-state index in [0.29, 0.717) is 75.4 Å². The van der Waals surface area contributed by atoms with E-state index in [0.717, 1.165) is 46.0 Å². The molecule has 2 aromatic rings. The van der Waals surface area contributed by atoms with E-state index in [4.69, 9.17) is 24.9 Å². The number of carbonyl (C=O) groups is 6. The van der Waals surface area contributed by atoms with E-state index < -0.39 is 23.5 Å². The van der Waals surface area contributed by atoms with E-state index in [-0.39, 0.29) is 56.7 Å². The number of hydrogen-bond acceptors (Lipinski definition) is 13. The number of nitrogens with two attached hydrogens (primary N) is 1. The number of hydrogen-bond donors (Lipinski definition) is 4. The summed E-state index contributed by atoms with van der Waals surface area (Å²) in [6.07, 6.45) is 5.66. The first kappa shape index (κ1) is 49.5. The Kier molecular flexibility index (Phi) is 18.9. The van der Waals surface area contributed by atoms with Crippen molar-refractivity contribution in [2.45, 2.75) is 70.3 Å². The number of carbonyl (C=O) groups excluding carboxylic acids is 6. The normalized spacial score (nSPS) is 15.2. The Labute approximate surface area is 379 Å². The molecule has 0 aliphatic carbocycles. The second-order valence-electron chi connectivity index (χ2n) is 16.7. The van der Waals surface area contributed by atoms with Gasteiger partial charge in [0.2, 0.25) is 17.7 Å². The second-order valence-corrected chi connectivity index (χ2v) is 17.8. The summed E-state index contributed by atoms with van der Waals surface area (Å²) in [5.74, 6) is -0.549. The Balaban J connectivity index is 0.971. The van der Waals surface area contributed by atoms with Gasteiger partial charge in [-0.3, -0.25) is 28.9 Å². The lowest BCUT2D eigenvalue weighted by Crippen LogP contribution is -2.47. The maximum atomic E-state index is 13.8. The van der Waals surface area contributed by atoms with Crippen LogP contribution in [0.4, 0.5) is 10.5 Å². The molecule has 0 atom stereocenters. The highest BCUT2D eigenvalue weighted by Gasteiger charge is 2.28. The standard InChI is InChI=1S/C46H62N8O9S/c1-5-18-52(19-7-16-49-45(60)63-46(2,3)4)44(59)36-25-35-11-10-34(27-38(35)51-39(47)28-36)33-8-6-9-37(26-33)64-53-30-32(31-53)29-50-41(56)15-21-61-23-24-62-22-17-48-40(55)14-20-54-42(57)12-13-43(54)58/h6,8-13,25-27,32H,5,7,14-24,28-31H2,1-4H3,(H2,47,51)(H,48,55)(H,49,60)(H,50,56). The molecule has 0 aromatic heterocycles. The molecule has 6 amide bonds. The zero-order chi connectivity index (χ0) is 46.1. The van der Waals surface area contributed by atoms with Crippen molar-refractivity contribution >= 4 is 65.2 Å². The van der Waals surface area contributed by atoms with Crippen LogP contribution in [0.1, 0.15) is 65.4 Å². The number of ether oxygens (including phenoxy) is 3. The van der Waals surface area contributed by atoms with Crippen molar-refractivity contribution in [1.29, 1.82) is 0 Å². The van der Waals surface area contributed by atoms with E-state index in [9.17, 15) is 28.8 Å². The fourth-order valence-corrected chi connectivity index (χ4v) is 8.11. The highest BCUT2D eigenvalue weighted by Crippen LogP contribution is 2.35. The molecular weight excluding hydrogens is 841 g/mol. The first-order valence-electron chi connectivity index (χ1n) is 21.9. The summed E-state index contributed by atoms with van der Waals surface area (Å²) in [4.78, 5) is 81.8. The van der Waals surface area contributed by atoms with Gasteiger partial charge in [0.25, 0.3) is 11.8 Å². The van der Waals surface area contributed by atoms with E-state index in [2.05, 4.69) is 38.5 Å². The van der Waals surface area contributed by atoms with Gasteiger partial charge in [-0.1, -0.05) is 31.2 Å². The molecule has 5 N–H and O–H groups in total. The van der Waals surface area contributed by atoms with E-state index in [1.54, 1.807) is 16.8 Å². The minimum Gasteiger partial charge on any atom is -0.444 e. The number of nitrogens with zero attached hydrogens (tertiary/aromatic N) is 4. The number of amidine groups is 1. The van der Waals surface area contributed by atoms with E-state index in [1.165, 1.54) is 12.2 Å². The fraction of sp³-hybridized carbons (Fsp3) is 0.500. The summed E-state index contributed by atoms with van der Waals surface area (Å²) < 4.78 is 18.5. The number of aliphatic imine (C=N–C) groups is 1. The molecule has 3 heterocycles. The largest absolute Gasteiger partial charge is 0.444 e. The lowest BCUT2D eigenvalue weighted by atomic mass is 10.0. The molecule has 5 rings (SSSR count). The van der Waals surface area contributed by atoms with Crippen molar-refractivity contribution in [3.63, 3.8) is 0 Å². The first-order chi connectivity index (χ1) is 30.7. The van der Waals surface area contributed by atoms with Gasteiger partial charge in [0.05, 0.1) is 32.1 Å². The molecule has 0 saturated carbocycles. The average Bonchev–Trinajstić information content (AvgIpc) is 3.45. The van der Waals surface area contributed by atoms with Crippen LogP contribution in [0.2, 0.25) is 0 Å². The zero-order valence-corrected chi connectivity index (χ0v) is 38.1. The van der Waals surface area contributed by atoms with Crippen LogP contribution in [0, 0.1) is 5.92 Å². The molecule has 1 saturated heterocycles. The first-order valence-corrected chi connectivity index (χ1v) is 22.6. The fourth-order valence-electron chi connectivity index (χ4n) is 6.93.